The number of hydrazine groups is 1. The van der Waals surface area contributed by atoms with Gasteiger partial charge in [0.15, 0.2) is 0 Å². The summed E-state index contributed by atoms with van der Waals surface area (Å²) in [5, 5.41) is 5.12. The van der Waals surface area contributed by atoms with Crippen LogP contribution in [0.5, 0.6) is 0 Å². The number of fused-ring (bicyclic) bond motifs is 4. The Bertz CT molecular complexity index is 1290. The molecule has 2 aliphatic heterocycles. The summed E-state index contributed by atoms with van der Waals surface area (Å²) in [6.45, 7) is 9.40. The van der Waals surface area contributed by atoms with E-state index in [2.05, 4.69) is 10.7 Å². The molecule has 9 nitrogen and oxygen atoms in total. The fraction of sp³-hybridized carbons (Fsp3) is 0.500. The van der Waals surface area contributed by atoms with Crippen LogP contribution in [-0.2, 0) is 23.9 Å². The number of amides is 2. The van der Waals surface area contributed by atoms with Crippen LogP contribution in [0.2, 0.25) is 0 Å². The Morgan fingerprint density at radius 1 is 1.05 bits per heavy atom. The number of carbonyl (C=O) groups excluding carboxylic acids is 4. The first-order chi connectivity index (χ1) is 18.5. The Kier molecular flexibility index (Phi) is 8.80. The van der Waals surface area contributed by atoms with E-state index >= 15 is 0 Å². The van der Waals surface area contributed by atoms with Crippen molar-refractivity contribution in [2.75, 3.05) is 6.54 Å². The van der Waals surface area contributed by atoms with Gasteiger partial charge >= 0.3 is 5.97 Å². The minimum atomic E-state index is -0.830. The van der Waals surface area contributed by atoms with Crippen molar-refractivity contribution in [1.82, 2.24) is 20.7 Å². The van der Waals surface area contributed by atoms with Crippen molar-refractivity contribution in [2.45, 2.75) is 72.1 Å². The minimum absolute atomic E-state index is 0.0452. The van der Waals surface area contributed by atoms with Gasteiger partial charge in [-0.1, -0.05) is 51.1 Å². The molecule has 2 aromatic rings. The van der Waals surface area contributed by atoms with Gasteiger partial charge in [0.1, 0.15) is 24.0 Å². The lowest BCUT2D eigenvalue weighted by Crippen LogP contribution is -2.59. The second kappa shape index (κ2) is 12.1. The van der Waals surface area contributed by atoms with E-state index in [4.69, 9.17) is 9.72 Å². The van der Waals surface area contributed by atoms with Gasteiger partial charge in [-0.25, -0.2) is 10.4 Å². The summed E-state index contributed by atoms with van der Waals surface area (Å²) in [5.41, 5.74) is 5.24. The number of ketones is 1. The van der Waals surface area contributed by atoms with E-state index in [9.17, 15) is 19.2 Å². The zero-order valence-corrected chi connectivity index (χ0v) is 23.3. The van der Waals surface area contributed by atoms with Gasteiger partial charge in [-0.05, 0) is 50.3 Å². The molecule has 0 spiro atoms. The van der Waals surface area contributed by atoms with Crippen molar-refractivity contribution in [1.29, 1.82) is 0 Å². The number of carbonyl (C=O) groups is 4. The Hall–Kier alpha value is -3.59. The number of ether oxygens (including phenoxy) is 1. The molecule has 9 heteroatoms. The number of esters is 1. The Labute approximate surface area is 229 Å². The predicted molar refractivity (Wildman–Crippen MR) is 148 cm³/mol. The molecule has 2 amide bonds. The summed E-state index contributed by atoms with van der Waals surface area (Å²) in [6.07, 6.45) is 4.33. The fourth-order valence-corrected chi connectivity index (χ4v) is 4.92. The Morgan fingerprint density at radius 3 is 2.54 bits per heavy atom. The maximum atomic E-state index is 13.2. The molecule has 39 heavy (non-hydrogen) atoms. The predicted octanol–water partition coefficient (Wildman–Crippen LogP) is 3.73. The minimum Gasteiger partial charge on any atom is -0.455 e. The monoisotopic (exact) mass is 534 g/mol. The third-order valence-corrected chi connectivity index (χ3v) is 7.56. The summed E-state index contributed by atoms with van der Waals surface area (Å²) in [5.74, 6) is -2.25. The highest BCUT2D eigenvalue weighted by Crippen LogP contribution is 2.24. The molecule has 0 radical (unpaired) electrons. The largest absolute Gasteiger partial charge is 0.455 e. The van der Waals surface area contributed by atoms with Gasteiger partial charge in [0.05, 0.1) is 11.2 Å². The molecule has 2 aliphatic rings. The van der Waals surface area contributed by atoms with E-state index in [0.29, 0.717) is 25.1 Å². The number of aromatic nitrogens is 1. The quantitative estimate of drug-likeness (QED) is 0.535. The lowest BCUT2D eigenvalue weighted by atomic mass is 9.86. The van der Waals surface area contributed by atoms with Crippen LogP contribution in [0.3, 0.4) is 0 Å². The van der Waals surface area contributed by atoms with Crippen LogP contribution >= 0.6 is 0 Å². The molecule has 1 fully saturated rings. The van der Waals surface area contributed by atoms with E-state index in [-0.39, 0.29) is 29.9 Å². The van der Waals surface area contributed by atoms with Gasteiger partial charge in [-0.2, -0.15) is 0 Å². The van der Waals surface area contributed by atoms with Gasteiger partial charge < -0.3 is 10.1 Å². The summed E-state index contributed by atoms with van der Waals surface area (Å²) in [6, 6.07) is 8.11. The molecule has 0 aliphatic carbocycles. The van der Waals surface area contributed by atoms with Crippen LogP contribution < -0.4 is 10.7 Å². The van der Waals surface area contributed by atoms with Crippen LogP contribution in [0.4, 0.5) is 0 Å². The third kappa shape index (κ3) is 6.71. The van der Waals surface area contributed by atoms with Gasteiger partial charge in [0, 0.05) is 30.2 Å². The standard InChI is InChI=1S/C30H38N4O5/c1-17(2)23-16-27(35)18(3)8-9-21-10-11-22-12-13-24(32-26(22)15-21)20(5)39-30(38)25-7-6-14-34(33-25)29(37)19(4)31-28(23)36/h8-13,15,17-20,23,25,33H,6-7,14,16H2,1-5H3,(H,31,36)/b9-8+/t18-,19-,20+,23-,25-/m0/s1. The van der Waals surface area contributed by atoms with Crippen molar-refractivity contribution in [2.24, 2.45) is 17.8 Å². The van der Waals surface area contributed by atoms with Crippen molar-refractivity contribution >= 4 is 40.5 Å². The van der Waals surface area contributed by atoms with E-state index in [0.717, 1.165) is 16.5 Å². The van der Waals surface area contributed by atoms with Crippen molar-refractivity contribution in [3.8, 4) is 0 Å². The molecule has 0 unspecified atom stereocenters. The number of nitrogens with one attached hydrogen (secondary N) is 2. The highest BCUT2D eigenvalue weighted by Gasteiger charge is 2.34. The molecule has 3 heterocycles. The lowest BCUT2D eigenvalue weighted by Gasteiger charge is -2.35. The van der Waals surface area contributed by atoms with Crippen LogP contribution in [-0.4, -0.2) is 52.2 Å². The smallest absolute Gasteiger partial charge is 0.325 e. The topological polar surface area (TPSA) is 118 Å². The highest BCUT2D eigenvalue weighted by molar-refractivity contribution is 5.92. The lowest BCUT2D eigenvalue weighted by molar-refractivity contribution is -0.157. The number of nitrogens with zero attached hydrogens (tertiary/aromatic N) is 2. The molecule has 208 valence electrons. The highest BCUT2D eigenvalue weighted by atomic mass is 16.5. The normalized spacial score (nSPS) is 28.4. The van der Waals surface area contributed by atoms with Gasteiger partial charge in [-0.15, -0.1) is 0 Å². The van der Waals surface area contributed by atoms with Crippen LogP contribution in [0, 0.1) is 17.8 Å². The number of hydrogen-bond acceptors (Lipinski definition) is 7. The summed E-state index contributed by atoms with van der Waals surface area (Å²) in [4.78, 5) is 57.1. The number of allylic oxidation sites excluding steroid dienone is 1. The zero-order valence-electron chi connectivity index (χ0n) is 23.3. The Morgan fingerprint density at radius 2 is 1.79 bits per heavy atom. The van der Waals surface area contributed by atoms with Crippen molar-refractivity contribution in [3.63, 3.8) is 0 Å². The SMILES string of the molecule is CC(C)[C@@H]1CC(=O)[C@@H](C)/C=C/c2ccc3ccc(nc3c2)[C@@H](C)OC(=O)[C@@H]2CCCN(N2)C(=O)[C@H](C)NC1=O. The van der Waals surface area contributed by atoms with E-state index in [1.165, 1.54) is 5.01 Å². The second-order valence-corrected chi connectivity index (χ2v) is 11.0. The number of hydrogen-bond donors (Lipinski definition) is 2. The maximum Gasteiger partial charge on any atom is 0.325 e. The first-order valence-corrected chi connectivity index (χ1v) is 13.7. The molecule has 1 aromatic carbocycles. The number of Topliss-reactive ketones (excluding diaryl/α,β-unsaturated/α-hetero) is 1. The summed E-state index contributed by atoms with van der Waals surface area (Å²) in [7, 11) is 0. The van der Waals surface area contributed by atoms with Gasteiger partial charge in [-0.3, -0.25) is 24.2 Å². The van der Waals surface area contributed by atoms with Gasteiger partial charge in [0.2, 0.25) is 5.91 Å². The van der Waals surface area contributed by atoms with Crippen molar-refractivity contribution in [3.05, 3.63) is 47.7 Å². The molecular weight excluding hydrogens is 496 g/mol. The molecular formula is C30H38N4O5. The van der Waals surface area contributed by atoms with E-state index in [1.807, 2.05) is 63.3 Å². The average molecular weight is 535 g/mol. The first-order valence-electron chi connectivity index (χ1n) is 13.7. The molecule has 5 bridgehead atoms. The summed E-state index contributed by atoms with van der Waals surface area (Å²) >= 11 is 0. The first kappa shape index (κ1) is 28.4. The molecule has 1 saturated heterocycles. The number of rotatable bonds is 1. The van der Waals surface area contributed by atoms with Gasteiger partial charge in [0.25, 0.3) is 5.91 Å². The Balaban J connectivity index is 1.67. The fourth-order valence-electron chi connectivity index (χ4n) is 4.92. The van der Waals surface area contributed by atoms with Crippen LogP contribution in [0.1, 0.15) is 71.2 Å². The number of benzene rings is 1. The molecule has 0 saturated carbocycles. The average Bonchev–Trinajstić information content (AvgIpc) is 2.92. The summed E-state index contributed by atoms with van der Waals surface area (Å²) < 4.78 is 5.74. The molecule has 1 aromatic heterocycles. The number of cyclic esters (lactones) is 1. The third-order valence-electron chi connectivity index (χ3n) is 7.56. The molecule has 2 N–H and O–H groups in total. The van der Waals surface area contributed by atoms with E-state index < -0.39 is 36.0 Å². The zero-order chi connectivity index (χ0) is 28.3. The van der Waals surface area contributed by atoms with Crippen molar-refractivity contribution < 1.29 is 23.9 Å². The van der Waals surface area contributed by atoms with Crippen LogP contribution in [0.25, 0.3) is 17.0 Å². The van der Waals surface area contributed by atoms with Crippen LogP contribution in [0.15, 0.2) is 36.4 Å². The second-order valence-electron chi connectivity index (χ2n) is 11.0. The van der Waals surface area contributed by atoms with E-state index in [1.54, 1.807) is 13.8 Å². The maximum absolute atomic E-state index is 13.2. The molecule has 4 rings (SSSR count). The number of pyridine rings is 1. The molecule has 5 atom stereocenters.